The van der Waals surface area contributed by atoms with Gasteiger partial charge >= 0.3 is 5.97 Å². The molecule has 18 nitrogen and oxygen atoms in total. The SMILES string of the molecule is CCN[C@@H](CCCCNC(=O)CCC(=O)NCCCOCCOCCOCCCNC(=O)CC[C@H](NC(=O)CCCCCCCCCCCCCCCS(=O)(=O)O)C(=O)O)C(=O)P. The lowest BCUT2D eigenvalue weighted by Gasteiger charge is -2.14. The van der Waals surface area contributed by atoms with Crippen molar-refractivity contribution in [3.05, 3.63) is 0 Å². The van der Waals surface area contributed by atoms with Gasteiger partial charge in [-0.1, -0.05) is 86.8 Å². The number of carboxylic acid groups (broad SMARTS) is 1. The van der Waals surface area contributed by atoms with Crippen LogP contribution in [0.25, 0.3) is 0 Å². The van der Waals surface area contributed by atoms with E-state index in [1.165, 1.54) is 6.42 Å². The van der Waals surface area contributed by atoms with Crippen LogP contribution >= 0.6 is 9.24 Å². The molecule has 0 spiro atoms. The second-order valence-corrected chi connectivity index (χ2v) is 17.9. The number of carbonyl (C=O) groups excluding carboxylic acids is 5. The molecule has 0 radical (unpaired) electrons. The largest absolute Gasteiger partial charge is 0.480 e. The van der Waals surface area contributed by atoms with Crippen molar-refractivity contribution >= 4 is 54.5 Å². The van der Waals surface area contributed by atoms with Crippen LogP contribution in [-0.4, -0.2) is 137 Å². The highest BCUT2D eigenvalue weighted by Gasteiger charge is 2.21. The maximum atomic E-state index is 12.3. The molecule has 0 saturated heterocycles. The Kier molecular flexibility index (Phi) is 40.0. The molecule has 4 amide bonds. The van der Waals surface area contributed by atoms with E-state index in [0.29, 0.717) is 91.4 Å². The summed E-state index contributed by atoms with van der Waals surface area (Å²) in [6.07, 6.45) is 16.8. The fourth-order valence-corrected chi connectivity index (χ4v) is 7.30. The van der Waals surface area contributed by atoms with Crippen molar-refractivity contribution in [2.24, 2.45) is 0 Å². The summed E-state index contributed by atoms with van der Waals surface area (Å²) in [5.74, 6) is -2.31. The molecule has 0 bridgehead atoms. The minimum atomic E-state index is -3.84. The summed E-state index contributed by atoms with van der Waals surface area (Å²) in [4.78, 5) is 71.7. The number of ether oxygens (including phenoxy) is 3. The van der Waals surface area contributed by atoms with E-state index in [0.717, 1.165) is 83.6 Å². The standard InChI is InChI=1S/C43H82N5O13PS/c1-2-44-37(43(55)62)20-15-16-26-45-39(50)24-25-40(51)47-28-19-30-60-32-34-61-33-31-59-29-18-27-46-38(49)23-22-36(42(53)54)48-41(52)21-14-12-10-8-6-4-3-5-7-9-11-13-17-35-63(56,57)58/h36-37,44H,2-35,62H2,1H3,(H,45,50)(H,46,49)(H,47,51)(H,48,52)(H,53,54)(H,56,57,58)/t36-,37-/m0/s1. The van der Waals surface area contributed by atoms with Gasteiger partial charge in [0.05, 0.1) is 38.2 Å². The van der Waals surface area contributed by atoms with Crippen molar-refractivity contribution in [3.63, 3.8) is 0 Å². The van der Waals surface area contributed by atoms with Gasteiger partial charge in [-0.2, -0.15) is 8.42 Å². The minimum absolute atomic E-state index is 0.00152. The highest BCUT2D eigenvalue weighted by atomic mass is 32.2. The quantitative estimate of drug-likeness (QED) is 0.0257. The summed E-state index contributed by atoms with van der Waals surface area (Å²) < 4.78 is 46.6. The molecule has 0 aromatic rings. The Morgan fingerprint density at radius 1 is 0.508 bits per heavy atom. The summed E-state index contributed by atoms with van der Waals surface area (Å²) >= 11 is 0. The molecule has 1 unspecified atom stereocenters. The molecule has 0 heterocycles. The predicted octanol–water partition coefficient (Wildman–Crippen LogP) is 4.19. The highest BCUT2D eigenvalue weighted by molar-refractivity contribution is 7.85. The molecule has 368 valence electrons. The van der Waals surface area contributed by atoms with Gasteiger partial charge in [-0.3, -0.25) is 28.5 Å². The molecule has 0 saturated carbocycles. The molecular weight excluding hydrogens is 858 g/mol. The van der Waals surface area contributed by atoms with Crippen LogP contribution < -0.4 is 26.6 Å². The number of rotatable bonds is 46. The van der Waals surface area contributed by atoms with Gasteiger partial charge in [0.25, 0.3) is 10.1 Å². The minimum Gasteiger partial charge on any atom is -0.480 e. The zero-order chi connectivity index (χ0) is 46.8. The van der Waals surface area contributed by atoms with E-state index in [2.05, 4.69) is 35.8 Å². The average Bonchev–Trinajstić information content (AvgIpc) is 3.23. The number of carbonyl (C=O) groups is 6. The van der Waals surface area contributed by atoms with Crippen molar-refractivity contribution in [2.75, 3.05) is 71.6 Å². The zero-order valence-electron chi connectivity index (χ0n) is 38.1. The van der Waals surface area contributed by atoms with Gasteiger partial charge in [0.15, 0.2) is 5.52 Å². The third-order valence-electron chi connectivity index (χ3n) is 10.0. The number of likely N-dealkylation sites (N-methyl/N-ethyl adjacent to an activating group) is 1. The van der Waals surface area contributed by atoms with Crippen molar-refractivity contribution in [1.82, 2.24) is 26.6 Å². The molecule has 20 heteroatoms. The molecule has 0 rings (SSSR count). The summed E-state index contributed by atoms with van der Waals surface area (Å²) in [7, 11) is -1.64. The van der Waals surface area contributed by atoms with Crippen molar-refractivity contribution in [3.8, 4) is 0 Å². The number of carboxylic acids is 1. The maximum absolute atomic E-state index is 12.3. The van der Waals surface area contributed by atoms with E-state index in [1.807, 2.05) is 6.92 Å². The molecule has 0 aromatic heterocycles. The summed E-state index contributed by atoms with van der Waals surface area (Å²) in [5.41, 5.74) is 0.0353. The molecule has 3 atom stereocenters. The van der Waals surface area contributed by atoms with Gasteiger partial charge in [0, 0.05) is 58.5 Å². The predicted molar refractivity (Wildman–Crippen MR) is 246 cm³/mol. The normalized spacial score (nSPS) is 12.4. The number of aliphatic carboxylic acids is 1. The Balaban J connectivity index is 3.64. The van der Waals surface area contributed by atoms with E-state index in [4.69, 9.17) is 18.8 Å². The first-order chi connectivity index (χ1) is 30.2. The fourth-order valence-electron chi connectivity index (χ4n) is 6.44. The van der Waals surface area contributed by atoms with Gasteiger partial charge in [-0.05, 0) is 57.9 Å². The molecule has 63 heavy (non-hydrogen) atoms. The fraction of sp³-hybridized carbons (Fsp3) is 0.860. The lowest BCUT2D eigenvalue weighted by Crippen LogP contribution is -2.41. The Bertz CT molecular complexity index is 1350. The van der Waals surface area contributed by atoms with Crippen LogP contribution in [0.15, 0.2) is 0 Å². The van der Waals surface area contributed by atoms with E-state index in [1.54, 1.807) is 0 Å². The van der Waals surface area contributed by atoms with Gasteiger partial charge in [-0.25, -0.2) is 4.79 Å². The van der Waals surface area contributed by atoms with E-state index in [9.17, 15) is 42.3 Å². The highest BCUT2D eigenvalue weighted by Crippen LogP contribution is 2.13. The van der Waals surface area contributed by atoms with Crippen LogP contribution in [0.1, 0.15) is 155 Å². The average molecular weight is 940 g/mol. The molecule has 0 fully saturated rings. The second kappa shape index (κ2) is 41.9. The van der Waals surface area contributed by atoms with Gasteiger partial charge in [-0.15, -0.1) is 0 Å². The zero-order valence-corrected chi connectivity index (χ0v) is 40.0. The van der Waals surface area contributed by atoms with E-state index in [-0.39, 0.29) is 73.1 Å². The number of unbranched alkanes of at least 4 members (excludes halogenated alkanes) is 13. The summed E-state index contributed by atoms with van der Waals surface area (Å²) in [5, 5.41) is 23.5. The van der Waals surface area contributed by atoms with Crippen LogP contribution in [0.4, 0.5) is 0 Å². The third kappa shape index (κ3) is 42.9. The summed E-state index contributed by atoms with van der Waals surface area (Å²) in [6.45, 7) is 6.43. The topological polar surface area (TPSA) is 265 Å². The number of hydrogen-bond donors (Lipinski definition) is 7. The Morgan fingerprint density at radius 2 is 0.937 bits per heavy atom. The van der Waals surface area contributed by atoms with Gasteiger partial charge in [0.1, 0.15) is 6.04 Å². The van der Waals surface area contributed by atoms with Gasteiger partial charge in [0.2, 0.25) is 23.6 Å². The monoisotopic (exact) mass is 940 g/mol. The molecule has 0 aliphatic heterocycles. The van der Waals surface area contributed by atoms with E-state index < -0.39 is 22.1 Å². The Labute approximate surface area is 379 Å². The van der Waals surface area contributed by atoms with Crippen LogP contribution in [-0.2, 0) is 53.1 Å². The van der Waals surface area contributed by atoms with Crippen molar-refractivity contribution in [2.45, 2.75) is 167 Å². The Hall–Kier alpha value is -2.80. The Morgan fingerprint density at radius 3 is 1.38 bits per heavy atom. The van der Waals surface area contributed by atoms with Crippen molar-refractivity contribution < 1.29 is 61.1 Å². The van der Waals surface area contributed by atoms with E-state index >= 15 is 0 Å². The lowest BCUT2D eigenvalue weighted by molar-refractivity contribution is -0.142. The van der Waals surface area contributed by atoms with Gasteiger partial charge < -0.3 is 45.9 Å². The molecule has 0 aromatic carbocycles. The van der Waals surface area contributed by atoms with Crippen LogP contribution in [0.3, 0.4) is 0 Å². The smallest absolute Gasteiger partial charge is 0.326 e. The number of nitrogens with one attached hydrogen (secondary N) is 5. The van der Waals surface area contributed by atoms with Crippen molar-refractivity contribution in [1.29, 1.82) is 0 Å². The third-order valence-corrected chi connectivity index (χ3v) is 11.2. The molecule has 0 aliphatic rings. The molecular formula is C43H82N5O13PS. The molecule has 0 aliphatic carbocycles. The lowest BCUT2D eigenvalue weighted by atomic mass is 10.0. The number of hydrogen-bond acceptors (Lipinski definition) is 12. The second-order valence-electron chi connectivity index (χ2n) is 15.7. The number of amides is 4. The molecule has 7 N–H and O–H groups in total. The first-order valence-corrected chi connectivity index (χ1v) is 25.5. The maximum Gasteiger partial charge on any atom is 0.326 e. The first-order valence-electron chi connectivity index (χ1n) is 23.3. The van der Waals surface area contributed by atoms with Crippen LogP contribution in [0.5, 0.6) is 0 Å². The van der Waals surface area contributed by atoms with Crippen LogP contribution in [0, 0.1) is 0 Å². The first kappa shape index (κ1) is 60.2. The summed E-state index contributed by atoms with van der Waals surface area (Å²) in [6, 6.07) is -1.30. The van der Waals surface area contributed by atoms with Crippen LogP contribution in [0.2, 0.25) is 0 Å².